The molecule has 6 aromatic carbocycles. The maximum atomic E-state index is 15.4. The molecule has 4 aliphatic heterocycles. The number of benzene rings is 6. The minimum atomic E-state index is -0.898. The Morgan fingerprint density at radius 1 is 0.910 bits per heavy atom. The highest BCUT2D eigenvalue weighted by Crippen LogP contribution is 2.60. The van der Waals surface area contributed by atoms with Crippen LogP contribution in [0.5, 0.6) is 23.0 Å². The van der Waals surface area contributed by atoms with E-state index < -0.39 is 34.8 Å². The van der Waals surface area contributed by atoms with Crippen molar-refractivity contribution in [2.75, 3.05) is 44.9 Å². The third-order valence-corrected chi connectivity index (χ3v) is 20.0. The molecule has 454 valence electrons. The van der Waals surface area contributed by atoms with Crippen LogP contribution in [-0.4, -0.2) is 84.5 Å². The number of hydrogen-bond donors (Lipinski definition) is 7. The maximum absolute atomic E-state index is 15.4. The number of aliphatic hydroxyl groups excluding tert-OH is 2. The van der Waals surface area contributed by atoms with Gasteiger partial charge in [-0.15, -0.1) is 0 Å². The van der Waals surface area contributed by atoms with Crippen LogP contribution in [0.3, 0.4) is 0 Å². The molecule has 14 heteroatoms. The maximum Gasteiger partial charge on any atom is 0.204 e. The Hall–Kier alpha value is -9.00. The van der Waals surface area contributed by atoms with Crippen LogP contribution in [0.4, 0.5) is 11.5 Å². The van der Waals surface area contributed by atoms with Gasteiger partial charge >= 0.3 is 0 Å². The molecule has 1 spiro atoms. The van der Waals surface area contributed by atoms with Crippen LogP contribution in [0.1, 0.15) is 108 Å². The molecular weight excluding hydrogens is 1110 g/mol. The molecule has 14 nitrogen and oxygen atoms in total. The minimum Gasteiger partial charge on any atom is -0.508 e. The van der Waals surface area contributed by atoms with Gasteiger partial charge in [-0.1, -0.05) is 147 Å². The van der Waals surface area contributed by atoms with Gasteiger partial charge in [-0.25, -0.2) is 4.99 Å². The van der Waals surface area contributed by atoms with Crippen LogP contribution in [0.25, 0.3) is 45.6 Å². The van der Waals surface area contributed by atoms with E-state index in [-0.39, 0.29) is 95.2 Å². The highest BCUT2D eigenvalue weighted by atomic mass is 16.5. The van der Waals surface area contributed by atoms with Gasteiger partial charge in [-0.2, -0.15) is 0 Å². The summed E-state index contributed by atoms with van der Waals surface area (Å²) in [6.45, 7) is 3.40. The largest absolute Gasteiger partial charge is 0.508 e. The van der Waals surface area contributed by atoms with Crippen molar-refractivity contribution in [3.05, 3.63) is 200 Å². The number of guanidine groups is 1. The van der Waals surface area contributed by atoms with Crippen molar-refractivity contribution >= 4 is 40.6 Å². The van der Waals surface area contributed by atoms with Gasteiger partial charge in [0.15, 0.2) is 28.5 Å². The summed E-state index contributed by atoms with van der Waals surface area (Å²) < 4.78 is 27.7. The molecule has 3 aliphatic carbocycles. The van der Waals surface area contributed by atoms with Crippen LogP contribution in [-0.2, 0) is 23.7 Å². The van der Waals surface area contributed by atoms with E-state index in [1.807, 2.05) is 36.4 Å². The number of nitrogens with zero attached hydrogens (tertiary/aromatic N) is 2. The molecule has 8 atom stereocenters. The van der Waals surface area contributed by atoms with E-state index in [2.05, 4.69) is 119 Å². The molecule has 8 bridgehead atoms. The SMILES string of the molecule is COc1c2c(c3oc(-c4ccc(O)cc4)cc(=O)c3c1OCCC(O)C=Cc1ccccc1)C1C#CC3NCCN(c4[nH]c(C5(C)CCCC5)cc4-c4cccc(c4)C1)C3C1(CC3C=Cc4ccccc4C3C1)c1ccc(c(N=C(N)N)c1)CC(CO)CO2. The molecule has 8 unspecified atom stereocenters. The lowest BCUT2D eigenvalue weighted by Crippen LogP contribution is -2.65. The molecule has 6 heterocycles. The summed E-state index contributed by atoms with van der Waals surface area (Å²) in [7, 11) is 1.52. The topological polar surface area (TPSA) is 214 Å². The Kier molecular flexibility index (Phi) is 15.5. The number of aliphatic hydroxyl groups is 2. The van der Waals surface area contributed by atoms with Gasteiger partial charge in [-0.05, 0) is 126 Å². The number of nitrogens with one attached hydrogen (secondary N) is 2. The first-order valence-corrected chi connectivity index (χ1v) is 31.5. The van der Waals surface area contributed by atoms with Crippen LogP contribution < -0.4 is 41.3 Å². The number of hydrogen-bond acceptors (Lipinski definition) is 11. The fourth-order valence-electron chi connectivity index (χ4n) is 15.6. The van der Waals surface area contributed by atoms with Crippen molar-refractivity contribution in [1.82, 2.24) is 10.3 Å². The molecule has 1 saturated heterocycles. The third kappa shape index (κ3) is 10.8. The van der Waals surface area contributed by atoms with Crippen molar-refractivity contribution < 1.29 is 33.9 Å². The van der Waals surface area contributed by atoms with Gasteiger partial charge in [0.25, 0.3) is 0 Å². The van der Waals surface area contributed by atoms with Crippen LogP contribution >= 0.6 is 0 Å². The third-order valence-electron chi connectivity index (χ3n) is 20.0. The lowest BCUT2D eigenvalue weighted by atomic mass is 9.67. The molecule has 0 radical (unpaired) electrons. The van der Waals surface area contributed by atoms with Crippen molar-refractivity contribution in [3.8, 4) is 57.3 Å². The van der Waals surface area contributed by atoms with Crippen molar-refractivity contribution in [3.63, 3.8) is 0 Å². The number of phenolic OH excluding ortho intramolecular Hbond substituents is 1. The minimum absolute atomic E-state index is 0.0271. The van der Waals surface area contributed by atoms with Gasteiger partial charge in [0.05, 0.1) is 55.7 Å². The van der Waals surface area contributed by atoms with E-state index in [1.54, 1.807) is 30.3 Å². The number of ether oxygens (including phenoxy) is 3. The number of rotatable bonds is 11. The quantitative estimate of drug-likeness (QED) is 0.0366. The Balaban J connectivity index is 1.04. The van der Waals surface area contributed by atoms with E-state index in [1.165, 1.54) is 42.8 Å². The van der Waals surface area contributed by atoms with E-state index in [0.717, 1.165) is 64.9 Å². The van der Waals surface area contributed by atoms with E-state index in [9.17, 15) is 15.3 Å². The normalized spacial score (nSPS) is 23.3. The lowest BCUT2D eigenvalue weighted by Gasteiger charge is -2.51. The van der Waals surface area contributed by atoms with Gasteiger partial charge in [0.1, 0.15) is 22.7 Å². The fourth-order valence-corrected chi connectivity index (χ4v) is 15.6. The molecule has 15 rings (SSSR count). The van der Waals surface area contributed by atoms with Crippen molar-refractivity contribution in [2.45, 2.75) is 106 Å². The van der Waals surface area contributed by atoms with Crippen molar-refractivity contribution in [1.29, 1.82) is 0 Å². The average Bonchev–Trinajstić information content (AvgIpc) is 1.69. The highest BCUT2D eigenvalue weighted by molar-refractivity contribution is 5.94. The van der Waals surface area contributed by atoms with Gasteiger partial charge in [0, 0.05) is 65.8 Å². The summed E-state index contributed by atoms with van der Waals surface area (Å²) in [5.74, 6) is 8.83. The second kappa shape index (κ2) is 23.8. The van der Waals surface area contributed by atoms with E-state index >= 15 is 4.79 Å². The van der Waals surface area contributed by atoms with Crippen LogP contribution in [0, 0.1) is 23.7 Å². The summed E-state index contributed by atoms with van der Waals surface area (Å²) in [5.41, 5.74) is 23.5. The number of H-pyrrole nitrogens is 1. The summed E-state index contributed by atoms with van der Waals surface area (Å²) in [4.78, 5) is 27.2. The van der Waals surface area contributed by atoms with Crippen LogP contribution in [0.2, 0.25) is 0 Å². The van der Waals surface area contributed by atoms with E-state index in [4.69, 9.17) is 35.1 Å². The molecule has 7 aliphatic rings. The van der Waals surface area contributed by atoms with Crippen LogP contribution in [0.15, 0.2) is 160 Å². The molecule has 9 N–H and O–H groups in total. The Morgan fingerprint density at radius 3 is 2.54 bits per heavy atom. The second-order valence-electron chi connectivity index (χ2n) is 25.6. The molecule has 2 saturated carbocycles. The Morgan fingerprint density at radius 2 is 1.73 bits per heavy atom. The first-order chi connectivity index (χ1) is 43.4. The smallest absolute Gasteiger partial charge is 0.204 e. The number of allylic oxidation sites excluding steroid dienone is 1. The van der Waals surface area contributed by atoms with Gasteiger partial charge in [-0.3, -0.25) is 4.79 Å². The van der Waals surface area contributed by atoms with E-state index in [0.29, 0.717) is 42.7 Å². The zero-order chi connectivity index (χ0) is 61.0. The average molecular weight is 1190 g/mol. The zero-order valence-electron chi connectivity index (χ0n) is 50.4. The molecule has 89 heavy (non-hydrogen) atoms. The van der Waals surface area contributed by atoms with Gasteiger partial charge in [0.2, 0.25) is 5.75 Å². The molecular formula is C75H76N6O8. The van der Waals surface area contributed by atoms with Gasteiger partial charge < -0.3 is 60.6 Å². The predicted octanol–water partition coefficient (Wildman–Crippen LogP) is 11.9. The number of aromatic nitrogens is 1. The number of methoxy groups -OCH3 is 1. The summed E-state index contributed by atoms with van der Waals surface area (Å²) in [5, 5.41) is 37.5. The number of piperazine rings is 1. The Labute approximate surface area is 519 Å². The highest BCUT2D eigenvalue weighted by Gasteiger charge is 2.57. The van der Waals surface area contributed by atoms with Crippen molar-refractivity contribution in [2.24, 2.45) is 28.3 Å². The summed E-state index contributed by atoms with van der Waals surface area (Å²) >= 11 is 0. The molecule has 0 amide bonds. The molecule has 8 aromatic rings. The summed E-state index contributed by atoms with van der Waals surface area (Å²) in [6.07, 6.45) is 14.4. The molecule has 2 aromatic heterocycles. The number of phenols is 1. The molecule has 3 fully saturated rings. The standard InChI is InChI=1S/C75H76N6O8/c1-74(30-8-9-31-74)64-39-58-50-15-10-13-46(35-50)36-52-23-28-60-71(81(33-32-78-60)72(58)80-64)75(41-53-19-18-48-14-6-7-16-57(48)59(53)42-75)54-24-20-51(61(38-54)79-73(76)77)37-47(43-82)44-88-68-65(52)67-66(62(85)40-63(89-67)49-21-26-55(83)27-22-49)69(70(68)86-2)87-34-29-56(84)25-17-45-11-4-3-5-12-45/h3-7,10-22,24-27,35,38-40,47,52-53,56,59-60,71,78,80,82-84H,8-9,29-34,36-37,41-44H2,1-2H3,(H4,76,77,79). The number of anilines is 1. The first kappa shape index (κ1) is 57.7. The Bertz CT molecular complexity index is 4200. The number of aromatic amines is 1. The monoisotopic (exact) mass is 1190 g/mol. The number of nitrogens with two attached hydrogens (primary N) is 2. The summed E-state index contributed by atoms with van der Waals surface area (Å²) in [6, 6.07) is 43.6. The zero-order valence-corrected chi connectivity index (χ0v) is 50.4. The lowest BCUT2D eigenvalue weighted by molar-refractivity contribution is 0.156. The second-order valence-corrected chi connectivity index (χ2v) is 25.6. The number of fused-ring (bicyclic) bond motifs is 14. The number of aliphatic imine (C=N–C) groups is 1. The fraction of sp³-hybridized carbons (Fsp3) is 0.333. The predicted molar refractivity (Wildman–Crippen MR) is 351 cm³/mol. The number of aromatic hydroxyl groups is 1. The first-order valence-electron chi connectivity index (χ1n) is 31.5.